The van der Waals surface area contributed by atoms with Gasteiger partial charge in [0.1, 0.15) is 11.5 Å². The van der Waals surface area contributed by atoms with Crippen molar-refractivity contribution in [3.8, 4) is 0 Å². The van der Waals surface area contributed by atoms with Crippen molar-refractivity contribution >= 4 is 27.4 Å². The molecule has 1 aromatic carbocycles. The van der Waals surface area contributed by atoms with Gasteiger partial charge in [-0.15, -0.1) is 0 Å². The maximum Gasteiger partial charge on any atom is 0.243 e. The standard InChI is InChI=1S/C23H30N2O5S/c1-15-6-5-7-16(2)25(15)31(28,29)21-11-8-19(9-12-21)24-23(27)13-10-20-14-22(17(3)26)18(4)30-20/h8-9,11-12,14-16H,5-7,10,13H2,1-4H3,(H,24,27)/t15-,16-/m0/s1. The summed E-state index contributed by atoms with van der Waals surface area (Å²) in [6.45, 7) is 7.09. The molecule has 8 heteroatoms. The molecule has 168 valence electrons. The van der Waals surface area contributed by atoms with Gasteiger partial charge < -0.3 is 9.73 Å². The van der Waals surface area contributed by atoms with Crippen molar-refractivity contribution in [1.29, 1.82) is 0 Å². The van der Waals surface area contributed by atoms with Gasteiger partial charge in [-0.2, -0.15) is 4.31 Å². The Balaban J connectivity index is 1.61. The van der Waals surface area contributed by atoms with Crippen LogP contribution in [0.4, 0.5) is 5.69 Å². The average Bonchev–Trinajstić information content (AvgIpc) is 3.07. The van der Waals surface area contributed by atoms with E-state index < -0.39 is 10.0 Å². The number of carbonyl (C=O) groups excluding carboxylic acids is 2. The molecule has 1 aliphatic heterocycles. The maximum absolute atomic E-state index is 13.1. The smallest absolute Gasteiger partial charge is 0.243 e. The van der Waals surface area contributed by atoms with Crippen LogP contribution in [0.25, 0.3) is 0 Å². The number of rotatable bonds is 7. The molecule has 2 atom stereocenters. The summed E-state index contributed by atoms with van der Waals surface area (Å²) in [6, 6.07) is 7.91. The summed E-state index contributed by atoms with van der Waals surface area (Å²) in [5, 5.41) is 2.78. The number of anilines is 1. The number of nitrogens with zero attached hydrogens (tertiary/aromatic N) is 1. The second-order valence-electron chi connectivity index (χ2n) is 8.28. The van der Waals surface area contributed by atoms with Crippen LogP contribution in [0.1, 0.15) is 68.3 Å². The number of hydrogen-bond acceptors (Lipinski definition) is 5. The first-order valence-electron chi connectivity index (χ1n) is 10.6. The third kappa shape index (κ3) is 5.25. The minimum absolute atomic E-state index is 0.0260. The molecule has 1 saturated heterocycles. The van der Waals surface area contributed by atoms with Gasteiger partial charge in [0.2, 0.25) is 15.9 Å². The third-order valence-corrected chi connectivity index (χ3v) is 7.92. The SMILES string of the molecule is CC(=O)c1cc(CCC(=O)Nc2ccc(S(=O)(=O)N3[C@@H](C)CCC[C@@H]3C)cc2)oc1C. The number of hydrogen-bond donors (Lipinski definition) is 1. The second-order valence-corrected chi connectivity index (χ2v) is 10.1. The predicted octanol–water partition coefficient (Wildman–Crippen LogP) is 4.31. The number of sulfonamides is 1. The number of nitrogens with one attached hydrogen (secondary N) is 1. The summed E-state index contributed by atoms with van der Waals surface area (Å²) in [7, 11) is -3.58. The van der Waals surface area contributed by atoms with Gasteiger partial charge in [0.15, 0.2) is 5.78 Å². The lowest BCUT2D eigenvalue weighted by Gasteiger charge is -2.37. The highest BCUT2D eigenvalue weighted by Crippen LogP contribution is 2.30. The number of aryl methyl sites for hydroxylation is 2. The highest BCUT2D eigenvalue weighted by molar-refractivity contribution is 7.89. The van der Waals surface area contributed by atoms with Gasteiger partial charge in [-0.1, -0.05) is 6.42 Å². The normalized spacial score (nSPS) is 19.9. The first-order chi connectivity index (χ1) is 14.6. The van der Waals surface area contributed by atoms with E-state index in [9.17, 15) is 18.0 Å². The van der Waals surface area contributed by atoms with Gasteiger partial charge in [0.25, 0.3) is 0 Å². The van der Waals surface area contributed by atoms with Crippen molar-refractivity contribution in [3.05, 3.63) is 47.4 Å². The molecule has 1 aliphatic rings. The molecule has 0 radical (unpaired) electrons. The fourth-order valence-corrected chi connectivity index (χ4v) is 6.06. The van der Waals surface area contributed by atoms with Crippen LogP contribution in [0, 0.1) is 6.92 Å². The lowest BCUT2D eigenvalue weighted by Crippen LogP contribution is -2.47. The van der Waals surface area contributed by atoms with Crippen molar-refractivity contribution in [2.45, 2.75) is 76.8 Å². The Labute approximate surface area is 183 Å². The number of carbonyl (C=O) groups is 2. The summed E-state index contributed by atoms with van der Waals surface area (Å²) < 4.78 is 33.3. The Bertz CT molecular complexity index is 1050. The van der Waals surface area contributed by atoms with Crippen LogP contribution in [0.2, 0.25) is 0 Å². The van der Waals surface area contributed by atoms with E-state index in [1.165, 1.54) is 19.1 Å². The Hall–Kier alpha value is -2.45. The average molecular weight is 447 g/mol. The number of benzene rings is 1. The first kappa shape index (κ1) is 23.2. The Kier molecular flexibility index (Phi) is 7.01. The second kappa shape index (κ2) is 9.36. The van der Waals surface area contributed by atoms with Gasteiger partial charge in [-0.25, -0.2) is 8.42 Å². The number of amides is 1. The van der Waals surface area contributed by atoms with Crippen molar-refractivity contribution in [3.63, 3.8) is 0 Å². The van der Waals surface area contributed by atoms with Gasteiger partial charge in [-0.3, -0.25) is 9.59 Å². The van der Waals surface area contributed by atoms with E-state index in [-0.39, 0.29) is 35.1 Å². The quantitative estimate of drug-likeness (QED) is 0.639. The van der Waals surface area contributed by atoms with Crippen LogP contribution in [0.15, 0.2) is 39.6 Å². The summed E-state index contributed by atoms with van der Waals surface area (Å²) in [6.07, 6.45) is 3.32. The van der Waals surface area contributed by atoms with Gasteiger partial charge in [0, 0.05) is 30.6 Å². The summed E-state index contributed by atoms with van der Waals surface area (Å²) >= 11 is 0. The van der Waals surface area contributed by atoms with E-state index in [1.807, 2.05) is 13.8 Å². The zero-order valence-corrected chi connectivity index (χ0v) is 19.3. The van der Waals surface area contributed by atoms with E-state index in [2.05, 4.69) is 5.32 Å². The van der Waals surface area contributed by atoms with Crippen LogP contribution < -0.4 is 5.32 Å². The molecule has 7 nitrogen and oxygen atoms in total. The third-order valence-electron chi connectivity index (χ3n) is 5.77. The molecule has 1 amide bonds. The van der Waals surface area contributed by atoms with Crippen molar-refractivity contribution < 1.29 is 22.4 Å². The Morgan fingerprint density at radius 1 is 1.13 bits per heavy atom. The molecule has 1 aromatic heterocycles. The molecular weight excluding hydrogens is 416 g/mol. The molecule has 0 bridgehead atoms. The van der Waals surface area contributed by atoms with Crippen LogP contribution in [-0.2, 0) is 21.2 Å². The van der Waals surface area contributed by atoms with Crippen LogP contribution in [-0.4, -0.2) is 36.5 Å². The van der Waals surface area contributed by atoms with E-state index in [0.717, 1.165) is 19.3 Å². The largest absolute Gasteiger partial charge is 0.466 e. The zero-order valence-electron chi connectivity index (χ0n) is 18.5. The summed E-state index contributed by atoms with van der Waals surface area (Å²) in [4.78, 5) is 24.0. The molecule has 2 heterocycles. The fourth-order valence-electron chi connectivity index (χ4n) is 4.18. The molecule has 0 spiro atoms. The highest BCUT2D eigenvalue weighted by Gasteiger charge is 2.35. The molecule has 2 aromatic rings. The van der Waals surface area contributed by atoms with Crippen LogP contribution in [0.3, 0.4) is 0 Å². The van der Waals surface area contributed by atoms with Crippen LogP contribution in [0.5, 0.6) is 0 Å². The number of furan rings is 1. The zero-order chi connectivity index (χ0) is 22.8. The molecular formula is C23H30N2O5S. The monoisotopic (exact) mass is 446 g/mol. The minimum atomic E-state index is -3.58. The van der Waals surface area contributed by atoms with Crippen molar-refractivity contribution in [2.24, 2.45) is 0 Å². The maximum atomic E-state index is 13.1. The van der Waals surface area contributed by atoms with Crippen molar-refractivity contribution in [2.75, 3.05) is 5.32 Å². The molecule has 1 N–H and O–H groups in total. The summed E-state index contributed by atoms with van der Waals surface area (Å²) in [5.74, 6) is 0.855. The van der Waals surface area contributed by atoms with Gasteiger partial charge in [0.05, 0.1) is 10.5 Å². The van der Waals surface area contributed by atoms with Gasteiger partial charge >= 0.3 is 0 Å². The predicted molar refractivity (Wildman–Crippen MR) is 119 cm³/mol. The molecule has 3 rings (SSSR count). The Morgan fingerprint density at radius 2 is 1.74 bits per heavy atom. The number of ketones is 1. The fraction of sp³-hybridized carbons (Fsp3) is 0.478. The van der Waals surface area contributed by atoms with E-state index in [1.54, 1.807) is 29.4 Å². The molecule has 31 heavy (non-hydrogen) atoms. The van der Waals surface area contributed by atoms with E-state index >= 15 is 0 Å². The number of Topliss-reactive ketones (excluding diaryl/α,β-unsaturated/α-hetero) is 1. The van der Waals surface area contributed by atoms with Gasteiger partial charge in [-0.05, 0) is 70.9 Å². The molecule has 0 saturated carbocycles. The minimum Gasteiger partial charge on any atom is -0.466 e. The lowest BCUT2D eigenvalue weighted by molar-refractivity contribution is -0.116. The molecule has 1 fully saturated rings. The Morgan fingerprint density at radius 3 is 2.29 bits per heavy atom. The topological polar surface area (TPSA) is 96.7 Å². The molecule has 0 aliphatic carbocycles. The van der Waals surface area contributed by atoms with Crippen LogP contribution >= 0.6 is 0 Å². The molecule has 0 unspecified atom stereocenters. The first-order valence-corrected chi connectivity index (χ1v) is 12.1. The lowest BCUT2D eigenvalue weighted by atomic mass is 10.0. The van der Waals surface area contributed by atoms with E-state index in [0.29, 0.717) is 29.2 Å². The number of piperidine rings is 1. The van der Waals surface area contributed by atoms with E-state index in [4.69, 9.17) is 4.42 Å². The summed E-state index contributed by atoms with van der Waals surface area (Å²) in [5.41, 5.74) is 1.06. The highest BCUT2D eigenvalue weighted by atomic mass is 32.2. The van der Waals surface area contributed by atoms with Crippen molar-refractivity contribution in [1.82, 2.24) is 4.31 Å².